The summed E-state index contributed by atoms with van der Waals surface area (Å²) in [4.78, 5) is -5.36. The molecule has 0 aliphatic heterocycles. The van der Waals surface area contributed by atoms with Crippen molar-refractivity contribution in [2.24, 2.45) is 0 Å². The van der Waals surface area contributed by atoms with Gasteiger partial charge in [0.05, 0.1) is 20.4 Å². The Kier molecular flexibility index (Phi) is 15.0. The Labute approximate surface area is 254 Å². The molecule has 2 N–H and O–H groups in total. The molecule has 0 atom stereocenters. The maximum atomic E-state index is 10.9. The molecule has 0 fully saturated rings. The second-order valence-corrected chi connectivity index (χ2v) is 7.15. The third-order valence-electron chi connectivity index (χ3n) is 1.88. The molecule has 108 valence electrons. The number of anilines is 1. The molecule has 0 spiro atoms. The van der Waals surface area contributed by atoms with Crippen molar-refractivity contribution in [3.05, 3.63) is 12.1 Å². The summed E-state index contributed by atoms with van der Waals surface area (Å²) in [5, 5.41) is 0. The molecule has 0 aliphatic rings. The summed E-state index contributed by atoms with van der Waals surface area (Å²) >= 11 is 0. The van der Waals surface area contributed by atoms with Crippen LogP contribution in [-0.4, -0.2) is 38.9 Å². The first-order chi connectivity index (χ1) is 8.26. The van der Waals surface area contributed by atoms with Gasteiger partial charge in [-0.3, -0.25) is 0 Å². The van der Waals surface area contributed by atoms with Gasteiger partial charge in [0.15, 0.2) is 0 Å². The van der Waals surface area contributed by atoms with E-state index in [1.165, 1.54) is 0 Å². The monoisotopic (exact) mass is 447 g/mol. The van der Waals surface area contributed by atoms with Crippen LogP contribution in [0.1, 0.15) is 0 Å². The molecule has 0 aliphatic carbocycles. The van der Waals surface area contributed by atoms with Crippen LogP contribution in [0.2, 0.25) is 0 Å². The first kappa shape index (κ1) is 30.4. The van der Waals surface area contributed by atoms with Crippen molar-refractivity contribution in [3.63, 3.8) is 0 Å². The molecule has 0 saturated heterocycles. The molecule has 10 nitrogen and oxygen atoms in total. The third-order valence-corrected chi connectivity index (χ3v) is 4.88. The van der Waals surface area contributed by atoms with E-state index in [0.717, 1.165) is 0 Å². The number of nitrogen functional groups attached to an aromatic ring is 1. The quantitative estimate of drug-likeness (QED) is 0.263. The van der Waals surface area contributed by atoms with E-state index in [4.69, 9.17) is 5.73 Å². The van der Waals surface area contributed by atoms with Crippen molar-refractivity contribution in [2.75, 3.05) is 5.73 Å². The van der Waals surface area contributed by atoms with Gasteiger partial charge in [0.2, 0.25) is 0 Å². The zero-order valence-corrected chi connectivity index (χ0v) is 23.4. The minimum absolute atomic E-state index is 0. The van der Waals surface area contributed by atoms with E-state index in [-0.39, 0.29) is 154 Å². The standard InChI is InChI=1S/C6H7NO9S3.3K/c7-3-1-2-4(17(8,9)10)6(19(14,15)16)5(3)18(11,12)13;;;/h1-2H,7H2,(H,8,9,10)(H,11,12,13)(H,14,15,16);;;/q;3*+1/p-3. The number of hydrogen-bond acceptors (Lipinski definition) is 10. The summed E-state index contributed by atoms with van der Waals surface area (Å²) < 4.78 is 97.7. The van der Waals surface area contributed by atoms with Crippen LogP contribution in [0, 0.1) is 0 Å². The van der Waals surface area contributed by atoms with Crippen LogP contribution in [0.25, 0.3) is 0 Å². The average molecular weight is 448 g/mol. The molecule has 0 heterocycles. The molecule has 0 radical (unpaired) electrons. The largest absolute Gasteiger partial charge is 1.00 e. The predicted octanol–water partition coefficient (Wildman–Crippen LogP) is -11.0. The number of nitrogens with two attached hydrogens (primary N) is 1. The Morgan fingerprint density at radius 3 is 1.32 bits per heavy atom. The van der Waals surface area contributed by atoms with Gasteiger partial charge in [0.1, 0.15) is 30.4 Å². The van der Waals surface area contributed by atoms with Gasteiger partial charge in [-0.2, -0.15) is 0 Å². The zero-order chi connectivity index (χ0) is 15.2. The molecule has 0 unspecified atom stereocenters. The van der Waals surface area contributed by atoms with E-state index in [0.29, 0.717) is 12.1 Å². The fourth-order valence-electron chi connectivity index (χ4n) is 1.25. The molecule has 0 bridgehead atoms. The maximum Gasteiger partial charge on any atom is 1.00 e. The van der Waals surface area contributed by atoms with E-state index in [1.807, 2.05) is 0 Å². The van der Waals surface area contributed by atoms with Crippen molar-refractivity contribution in [2.45, 2.75) is 14.7 Å². The Bertz CT molecular complexity index is 847. The van der Waals surface area contributed by atoms with Gasteiger partial charge in [0.25, 0.3) is 0 Å². The molecular formula is C6H4K3NO9S3. The summed E-state index contributed by atoms with van der Waals surface area (Å²) in [6.45, 7) is 0. The van der Waals surface area contributed by atoms with Crippen molar-refractivity contribution in [1.29, 1.82) is 0 Å². The fourth-order valence-corrected chi connectivity index (χ4v) is 4.46. The Morgan fingerprint density at radius 2 is 1.05 bits per heavy atom. The van der Waals surface area contributed by atoms with Crippen LogP contribution >= 0.6 is 0 Å². The summed E-state index contributed by atoms with van der Waals surface area (Å²) in [5.74, 6) is 0. The molecular weight excluding hydrogens is 444 g/mol. The van der Waals surface area contributed by atoms with E-state index in [2.05, 4.69) is 0 Å². The predicted molar refractivity (Wildman–Crippen MR) is 54.7 cm³/mol. The third kappa shape index (κ3) is 8.13. The van der Waals surface area contributed by atoms with Gasteiger partial charge in [-0.25, -0.2) is 25.3 Å². The van der Waals surface area contributed by atoms with Crippen molar-refractivity contribution < 1.29 is 193 Å². The normalized spacial score (nSPS) is 11.6. The van der Waals surface area contributed by atoms with Gasteiger partial charge in [-0.05, 0) is 12.1 Å². The van der Waals surface area contributed by atoms with Crippen molar-refractivity contribution in [1.82, 2.24) is 0 Å². The molecule has 0 aromatic heterocycles. The van der Waals surface area contributed by atoms with Crippen LogP contribution in [0.5, 0.6) is 0 Å². The van der Waals surface area contributed by atoms with Crippen LogP contribution in [0.4, 0.5) is 5.69 Å². The Hall–Kier alpha value is 3.66. The minimum atomic E-state index is -5.74. The molecule has 1 aromatic rings. The second-order valence-electron chi connectivity index (χ2n) is 3.17. The topological polar surface area (TPSA) is 198 Å². The summed E-state index contributed by atoms with van der Waals surface area (Å²) in [6, 6.07) is 0.849. The zero-order valence-electron chi connectivity index (χ0n) is 11.6. The van der Waals surface area contributed by atoms with Crippen LogP contribution < -0.4 is 160 Å². The van der Waals surface area contributed by atoms with E-state index in [9.17, 15) is 38.9 Å². The van der Waals surface area contributed by atoms with Crippen LogP contribution in [0.3, 0.4) is 0 Å². The second kappa shape index (κ2) is 10.9. The molecule has 1 rings (SSSR count). The van der Waals surface area contributed by atoms with Crippen molar-refractivity contribution in [3.8, 4) is 0 Å². The Balaban J connectivity index is -0.00000120. The van der Waals surface area contributed by atoms with E-state index in [1.54, 1.807) is 0 Å². The fraction of sp³-hybridized carbons (Fsp3) is 0. The SMILES string of the molecule is Nc1ccc(S(=O)(=O)[O-])c(S(=O)(=O)[O-])c1S(=O)(=O)[O-].[K+].[K+].[K+]. The first-order valence-electron chi connectivity index (χ1n) is 4.06. The van der Waals surface area contributed by atoms with E-state index < -0.39 is 50.7 Å². The summed E-state index contributed by atoms with van der Waals surface area (Å²) in [7, 11) is -16.8. The van der Waals surface area contributed by atoms with Gasteiger partial charge < -0.3 is 19.4 Å². The van der Waals surface area contributed by atoms with Gasteiger partial charge in [-0.1, -0.05) is 0 Å². The van der Waals surface area contributed by atoms with Crippen molar-refractivity contribution >= 4 is 36.0 Å². The molecule has 0 amide bonds. The molecule has 22 heavy (non-hydrogen) atoms. The van der Waals surface area contributed by atoms with Gasteiger partial charge in [-0.15, -0.1) is 0 Å². The number of hydrogen-bond donors (Lipinski definition) is 1. The number of rotatable bonds is 3. The van der Waals surface area contributed by atoms with Crippen LogP contribution in [0.15, 0.2) is 26.8 Å². The van der Waals surface area contributed by atoms with Gasteiger partial charge in [0, 0.05) is 0 Å². The van der Waals surface area contributed by atoms with Crippen LogP contribution in [-0.2, 0) is 30.4 Å². The van der Waals surface area contributed by atoms with Gasteiger partial charge >= 0.3 is 154 Å². The average Bonchev–Trinajstić information content (AvgIpc) is 2.11. The molecule has 1 aromatic carbocycles. The number of benzene rings is 1. The molecule has 16 heteroatoms. The van der Waals surface area contributed by atoms with E-state index >= 15 is 0 Å². The first-order valence-corrected chi connectivity index (χ1v) is 8.29. The summed E-state index contributed by atoms with van der Waals surface area (Å²) in [6.07, 6.45) is 0. The minimum Gasteiger partial charge on any atom is -0.744 e. The maximum absolute atomic E-state index is 10.9. The molecule has 0 saturated carbocycles. The Morgan fingerprint density at radius 1 is 0.682 bits per heavy atom. The summed E-state index contributed by atoms with van der Waals surface area (Å²) in [5.41, 5.74) is 4.08. The smallest absolute Gasteiger partial charge is 0.744 e.